The van der Waals surface area contributed by atoms with Gasteiger partial charge in [-0.3, -0.25) is 0 Å². The van der Waals surface area contributed by atoms with Crippen LogP contribution in [0.25, 0.3) is 0 Å². The molecule has 0 aromatic carbocycles. The van der Waals surface area contributed by atoms with Crippen molar-refractivity contribution in [2.75, 3.05) is 6.54 Å². The van der Waals surface area contributed by atoms with Crippen LogP contribution in [0, 0.1) is 0 Å². The first kappa shape index (κ1) is 12.8. The average molecular weight is 241 g/mol. The van der Waals surface area contributed by atoms with E-state index in [1.807, 2.05) is 0 Å². The molecule has 94 valence electrons. The third kappa shape index (κ3) is 4.29. The van der Waals surface area contributed by atoms with Gasteiger partial charge in [0, 0.05) is 23.1 Å². The number of nitrogens with one attached hydrogen (secondary N) is 1. The van der Waals surface area contributed by atoms with Crippen molar-refractivity contribution in [2.45, 2.75) is 81.3 Å². The molecule has 0 aliphatic heterocycles. The van der Waals surface area contributed by atoms with Crippen molar-refractivity contribution in [3.8, 4) is 0 Å². The molecule has 2 rings (SSSR count). The molecule has 2 heteroatoms. The van der Waals surface area contributed by atoms with Gasteiger partial charge in [-0.25, -0.2) is 0 Å². The largest absolute Gasteiger partial charge is 0.313 e. The van der Waals surface area contributed by atoms with Crippen LogP contribution in [0.5, 0.6) is 0 Å². The zero-order chi connectivity index (χ0) is 11.2. The van der Waals surface area contributed by atoms with Crippen LogP contribution in [0.3, 0.4) is 0 Å². The molecule has 1 unspecified atom stereocenters. The van der Waals surface area contributed by atoms with Gasteiger partial charge in [0.25, 0.3) is 0 Å². The van der Waals surface area contributed by atoms with Gasteiger partial charge < -0.3 is 5.32 Å². The molecule has 1 N–H and O–H groups in total. The molecular formula is C14H27NS. The molecule has 1 nitrogen and oxygen atoms in total. The Morgan fingerprint density at radius 1 is 1.00 bits per heavy atom. The first-order valence-corrected chi connectivity index (χ1v) is 8.18. The minimum Gasteiger partial charge on any atom is -0.313 e. The first-order chi connectivity index (χ1) is 7.84. The van der Waals surface area contributed by atoms with Crippen molar-refractivity contribution in [3.05, 3.63) is 0 Å². The molecular weight excluding hydrogens is 214 g/mol. The lowest BCUT2D eigenvalue weighted by Gasteiger charge is -2.25. The maximum absolute atomic E-state index is 3.75. The summed E-state index contributed by atoms with van der Waals surface area (Å²) in [6.07, 6.45) is 13.1. The summed E-state index contributed by atoms with van der Waals surface area (Å²) in [4.78, 5) is 0. The fourth-order valence-electron chi connectivity index (χ4n) is 3.04. The minimum absolute atomic E-state index is 0.809. The average Bonchev–Trinajstić information content (AvgIpc) is 2.81. The molecule has 0 aromatic heterocycles. The summed E-state index contributed by atoms with van der Waals surface area (Å²) in [5.74, 6) is 0. The van der Waals surface area contributed by atoms with Crippen LogP contribution in [0.4, 0.5) is 0 Å². The third-order valence-corrected chi connectivity index (χ3v) is 5.51. The lowest BCUT2D eigenvalue weighted by Crippen LogP contribution is -2.32. The Bertz CT molecular complexity index is 183. The Balaban J connectivity index is 1.57. The SMILES string of the molecule is CC(CNC1CCCC1)SC1CCCCC1. The second kappa shape index (κ2) is 6.90. The van der Waals surface area contributed by atoms with Gasteiger partial charge in [-0.1, -0.05) is 39.0 Å². The minimum atomic E-state index is 0.809. The van der Waals surface area contributed by atoms with Crippen LogP contribution >= 0.6 is 11.8 Å². The molecule has 0 heterocycles. The Morgan fingerprint density at radius 2 is 1.62 bits per heavy atom. The lowest BCUT2D eigenvalue weighted by atomic mass is 10.0. The maximum Gasteiger partial charge on any atom is 0.0147 e. The van der Waals surface area contributed by atoms with E-state index < -0.39 is 0 Å². The molecule has 0 aromatic rings. The maximum atomic E-state index is 3.75. The number of hydrogen-bond donors (Lipinski definition) is 1. The summed E-state index contributed by atoms with van der Waals surface area (Å²) in [7, 11) is 0. The monoisotopic (exact) mass is 241 g/mol. The van der Waals surface area contributed by atoms with Crippen LogP contribution in [0.1, 0.15) is 64.7 Å². The van der Waals surface area contributed by atoms with Crippen LogP contribution < -0.4 is 5.32 Å². The van der Waals surface area contributed by atoms with E-state index in [1.165, 1.54) is 64.3 Å². The molecule has 2 fully saturated rings. The van der Waals surface area contributed by atoms with Gasteiger partial charge in [0.2, 0.25) is 0 Å². The Labute approximate surface area is 105 Å². The van der Waals surface area contributed by atoms with Gasteiger partial charge in [0.1, 0.15) is 0 Å². The molecule has 0 spiro atoms. The molecule has 1 atom stereocenters. The molecule has 0 radical (unpaired) electrons. The highest BCUT2D eigenvalue weighted by Gasteiger charge is 2.19. The van der Waals surface area contributed by atoms with Gasteiger partial charge in [-0.05, 0) is 25.7 Å². The fourth-order valence-corrected chi connectivity index (χ4v) is 4.50. The number of hydrogen-bond acceptors (Lipinski definition) is 2. The van der Waals surface area contributed by atoms with Gasteiger partial charge in [0.15, 0.2) is 0 Å². The van der Waals surface area contributed by atoms with E-state index in [4.69, 9.17) is 0 Å². The highest BCUT2D eigenvalue weighted by Crippen LogP contribution is 2.30. The summed E-state index contributed by atoms with van der Waals surface area (Å²) in [5, 5.41) is 5.53. The summed E-state index contributed by atoms with van der Waals surface area (Å²) in [6.45, 7) is 3.63. The second-order valence-electron chi connectivity index (χ2n) is 5.60. The van der Waals surface area contributed by atoms with Gasteiger partial charge >= 0.3 is 0 Å². The van der Waals surface area contributed by atoms with Crippen molar-refractivity contribution < 1.29 is 0 Å². The Kier molecular flexibility index (Phi) is 5.51. The topological polar surface area (TPSA) is 12.0 Å². The normalized spacial score (nSPS) is 26.1. The van der Waals surface area contributed by atoms with Crippen molar-refractivity contribution in [3.63, 3.8) is 0 Å². The van der Waals surface area contributed by atoms with Gasteiger partial charge in [-0.15, -0.1) is 0 Å². The summed E-state index contributed by atoms with van der Waals surface area (Å²) >= 11 is 2.24. The Morgan fingerprint density at radius 3 is 2.31 bits per heavy atom. The molecule has 2 aliphatic rings. The fraction of sp³-hybridized carbons (Fsp3) is 1.00. The smallest absolute Gasteiger partial charge is 0.0147 e. The summed E-state index contributed by atoms with van der Waals surface area (Å²) in [5.41, 5.74) is 0. The zero-order valence-corrected chi connectivity index (χ0v) is 11.5. The van der Waals surface area contributed by atoms with Crippen molar-refractivity contribution in [2.24, 2.45) is 0 Å². The molecule has 0 amide bonds. The highest BCUT2D eigenvalue weighted by atomic mass is 32.2. The third-order valence-electron chi connectivity index (χ3n) is 4.03. The van der Waals surface area contributed by atoms with Gasteiger partial charge in [-0.2, -0.15) is 11.8 Å². The van der Waals surface area contributed by atoms with Crippen LogP contribution in [-0.2, 0) is 0 Å². The lowest BCUT2D eigenvalue weighted by molar-refractivity contribution is 0.508. The van der Waals surface area contributed by atoms with E-state index in [1.54, 1.807) is 0 Å². The molecule has 0 bridgehead atoms. The van der Waals surface area contributed by atoms with E-state index in [9.17, 15) is 0 Å². The van der Waals surface area contributed by atoms with Crippen LogP contribution in [-0.4, -0.2) is 23.1 Å². The van der Waals surface area contributed by atoms with Crippen molar-refractivity contribution >= 4 is 11.8 Å². The van der Waals surface area contributed by atoms with Crippen LogP contribution in [0.2, 0.25) is 0 Å². The van der Waals surface area contributed by atoms with Crippen molar-refractivity contribution in [1.82, 2.24) is 5.32 Å². The Hall–Kier alpha value is 0.310. The molecule has 2 saturated carbocycles. The zero-order valence-electron chi connectivity index (χ0n) is 10.7. The van der Waals surface area contributed by atoms with E-state index in [0.29, 0.717) is 0 Å². The number of rotatable bonds is 5. The van der Waals surface area contributed by atoms with E-state index in [2.05, 4.69) is 24.0 Å². The summed E-state index contributed by atoms with van der Waals surface area (Å²) in [6, 6.07) is 0.842. The van der Waals surface area contributed by atoms with Crippen molar-refractivity contribution in [1.29, 1.82) is 0 Å². The predicted molar refractivity (Wildman–Crippen MR) is 74.2 cm³/mol. The van der Waals surface area contributed by atoms with Crippen LogP contribution in [0.15, 0.2) is 0 Å². The number of thioether (sulfide) groups is 1. The van der Waals surface area contributed by atoms with E-state index >= 15 is 0 Å². The highest BCUT2D eigenvalue weighted by molar-refractivity contribution is 8.00. The predicted octanol–water partition coefficient (Wildman–Crippen LogP) is 3.97. The summed E-state index contributed by atoms with van der Waals surface area (Å²) < 4.78 is 0. The van der Waals surface area contributed by atoms with E-state index in [-0.39, 0.29) is 0 Å². The van der Waals surface area contributed by atoms with Gasteiger partial charge in [0.05, 0.1) is 0 Å². The molecule has 0 saturated heterocycles. The molecule has 2 aliphatic carbocycles. The standard InChI is InChI=1S/C14H27NS/c1-12(11-15-13-7-5-6-8-13)16-14-9-3-2-4-10-14/h12-15H,2-11H2,1H3. The quantitative estimate of drug-likeness (QED) is 0.781. The first-order valence-electron chi connectivity index (χ1n) is 7.23. The molecule has 16 heavy (non-hydrogen) atoms. The second-order valence-corrected chi connectivity index (χ2v) is 7.34. The van der Waals surface area contributed by atoms with E-state index in [0.717, 1.165) is 16.5 Å².